The van der Waals surface area contributed by atoms with Gasteiger partial charge in [-0.2, -0.15) is 4.99 Å². The number of sulfone groups is 1. The number of amides is 1. The summed E-state index contributed by atoms with van der Waals surface area (Å²) in [6, 6.07) is 11.4. The molecule has 5 nitrogen and oxygen atoms in total. The largest absolute Gasteiger partial charge is 0.315 e. The standard InChI is InChI=1S/C20H18ClFN2O3S2/c1-12-6-7-14(9-16(12)22)24-17-10-29(26,27)11-18(17)28-20(24)23-19(25)8-13-4-2-3-5-15(13)21/h2-7,9,17-18H,8,10-11H2,1H3/t17-,18+/m0/s1. The van der Waals surface area contributed by atoms with Crippen LogP contribution in [0.1, 0.15) is 11.1 Å². The fraction of sp³-hybridized carbons (Fsp3) is 0.300. The van der Waals surface area contributed by atoms with E-state index in [0.29, 0.717) is 27.0 Å². The van der Waals surface area contributed by atoms with Crippen LogP contribution >= 0.6 is 23.4 Å². The zero-order valence-corrected chi connectivity index (χ0v) is 17.9. The molecule has 0 bridgehead atoms. The van der Waals surface area contributed by atoms with Gasteiger partial charge in [0.25, 0.3) is 5.91 Å². The Balaban J connectivity index is 1.67. The summed E-state index contributed by atoms with van der Waals surface area (Å²) in [5.41, 5.74) is 1.65. The van der Waals surface area contributed by atoms with Crippen molar-refractivity contribution in [3.05, 3.63) is 64.4 Å². The predicted molar refractivity (Wildman–Crippen MR) is 115 cm³/mol. The minimum Gasteiger partial charge on any atom is -0.315 e. The van der Waals surface area contributed by atoms with Crippen molar-refractivity contribution in [3.63, 3.8) is 0 Å². The first-order valence-corrected chi connectivity index (χ1v) is 12.1. The average molecular weight is 453 g/mol. The molecule has 2 fully saturated rings. The van der Waals surface area contributed by atoms with Gasteiger partial charge < -0.3 is 4.90 Å². The van der Waals surface area contributed by atoms with Gasteiger partial charge in [0.15, 0.2) is 15.0 Å². The molecule has 0 saturated carbocycles. The van der Waals surface area contributed by atoms with Gasteiger partial charge >= 0.3 is 0 Å². The van der Waals surface area contributed by atoms with Crippen LogP contribution in [0.5, 0.6) is 0 Å². The summed E-state index contributed by atoms with van der Waals surface area (Å²) < 4.78 is 38.4. The maximum atomic E-state index is 14.2. The Labute approximate surface area is 177 Å². The van der Waals surface area contributed by atoms with Crippen molar-refractivity contribution in [2.24, 2.45) is 4.99 Å². The number of anilines is 1. The van der Waals surface area contributed by atoms with Crippen LogP contribution in [-0.2, 0) is 21.1 Å². The lowest BCUT2D eigenvalue weighted by Gasteiger charge is -2.24. The van der Waals surface area contributed by atoms with Crippen molar-refractivity contribution in [2.75, 3.05) is 16.4 Å². The number of aliphatic imine (C=N–C) groups is 1. The molecule has 2 aromatic rings. The van der Waals surface area contributed by atoms with E-state index in [1.165, 1.54) is 17.8 Å². The highest BCUT2D eigenvalue weighted by Gasteiger charge is 2.49. The van der Waals surface area contributed by atoms with Crippen molar-refractivity contribution in [1.29, 1.82) is 0 Å². The van der Waals surface area contributed by atoms with Crippen molar-refractivity contribution < 1.29 is 17.6 Å². The number of amidine groups is 1. The second kappa shape index (κ2) is 7.74. The first kappa shape index (κ1) is 20.4. The molecule has 2 aliphatic heterocycles. The molecule has 29 heavy (non-hydrogen) atoms. The number of thioether (sulfide) groups is 1. The minimum absolute atomic E-state index is 0.0188. The molecule has 2 aliphatic rings. The third kappa shape index (κ3) is 4.20. The lowest BCUT2D eigenvalue weighted by molar-refractivity contribution is -0.117. The fourth-order valence-corrected chi connectivity index (χ4v) is 7.68. The van der Waals surface area contributed by atoms with E-state index in [9.17, 15) is 17.6 Å². The van der Waals surface area contributed by atoms with Gasteiger partial charge in [-0.05, 0) is 36.2 Å². The molecule has 2 saturated heterocycles. The van der Waals surface area contributed by atoms with Crippen LogP contribution in [0.2, 0.25) is 5.02 Å². The maximum absolute atomic E-state index is 14.2. The van der Waals surface area contributed by atoms with Gasteiger partial charge in [-0.3, -0.25) is 4.79 Å². The molecular formula is C20H18ClFN2O3S2. The smallest absolute Gasteiger partial charge is 0.252 e. The first-order chi connectivity index (χ1) is 13.7. The highest BCUT2D eigenvalue weighted by atomic mass is 35.5. The van der Waals surface area contributed by atoms with Crippen molar-refractivity contribution in [3.8, 4) is 0 Å². The fourth-order valence-electron chi connectivity index (χ4n) is 3.55. The molecule has 2 atom stereocenters. The number of aryl methyl sites for hydroxylation is 1. The summed E-state index contributed by atoms with van der Waals surface area (Å²) in [5, 5.41) is 0.645. The van der Waals surface area contributed by atoms with E-state index in [-0.39, 0.29) is 35.1 Å². The van der Waals surface area contributed by atoms with Crippen LogP contribution in [0, 0.1) is 12.7 Å². The Kier molecular flexibility index (Phi) is 5.44. The zero-order chi connectivity index (χ0) is 20.8. The molecule has 0 N–H and O–H groups in total. The van der Waals surface area contributed by atoms with Gasteiger partial charge in [-0.1, -0.05) is 47.6 Å². The van der Waals surface area contributed by atoms with E-state index in [2.05, 4.69) is 4.99 Å². The monoisotopic (exact) mass is 452 g/mol. The number of halogens is 2. The summed E-state index contributed by atoms with van der Waals surface area (Å²) in [4.78, 5) is 18.5. The molecular weight excluding hydrogens is 435 g/mol. The molecule has 2 heterocycles. The molecule has 0 aromatic heterocycles. The highest BCUT2D eigenvalue weighted by Crippen LogP contribution is 2.41. The van der Waals surface area contributed by atoms with Crippen LogP contribution in [0.25, 0.3) is 0 Å². The molecule has 0 radical (unpaired) electrons. The van der Waals surface area contributed by atoms with Gasteiger partial charge in [0, 0.05) is 16.0 Å². The summed E-state index contributed by atoms with van der Waals surface area (Å²) in [5.74, 6) is -0.803. The van der Waals surface area contributed by atoms with Crippen LogP contribution < -0.4 is 4.90 Å². The second-order valence-electron chi connectivity index (χ2n) is 7.16. The highest BCUT2D eigenvalue weighted by molar-refractivity contribution is 8.16. The van der Waals surface area contributed by atoms with Gasteiger partial charge in [0.1, 0.15) is 5.82 Å². The number of hydrogen-bond donors (Lipinski definition) is 0. The SMILES string of the molecule is Cc1ccc(N2C(=NC(=O)Cc3ccccc3Cl)S[C@@H]3CS(=O)(=O)C[C@@H]32)cc1F. The first-order valence-electron chi connectivity index (χ1n) is 9.01. The minimum atomic E-state index is -3.18. The number of nitrogens with zero attached hydrogens (tertiary/aromatic N) is 2. The Bertz CT molecular complexity index is 1120. The summed E-state index contributed by atoms with van der Waals surface area (Å²) in [6.07, 6.45) is 0.0352. The summed E-state index contributed by atoms with van der Waals surface area (Å²) in [6.45, 7) is 1.66. The van der Waals surface area contributed by atoms with Crippen molar-refractivity contribution in [2.45, 2.75) is 24.6 Å². The van der Waals surface area contributed by atoms with Crippen LogP contribution in [0.3, 0.4) is 0 Å². The Morgan fingerprint density at radius 1 is 1.28 bits per heavy atom. The zero-order valence-electron chi connectivity index (χ0n) is 15.5. The lowest BCUT2D eigenvalue weighted by Crippen LogP contribution is -2.37. The van der Waals surface area contributed by atoms with Crippen LogP contribution in [0.4, 0.5) is 10.1 Å². The van der Waals surface area contributed by atoms with Gasteiger partial charge in [0.05, 0.1) is 24.0 Å². The van der Waals surface area contributed by atoms with Gasteiger partial charge in [-0.25, -0.2) is 12.8 Å². The van der Waals surface area contributed by atoms with E-state index in [1.807, 2.05) is 0 Å². The number of carbonyl (C=O) groups excluding carboxylic acids is 1. The van der Waals surface area contributed by atoms with Crippen molar-refractivity contribution in [1.82, 2.24) is 0 Å². The van der Waals surface area contributed by atoms with E-state index < -0.39 is 15.7 Å². The Hall–Kier alpha value is -1.90. The number of hydrogen-bond acceptors (Lipinski definition) is 4. The Morgan fingerprint density at radius 3 is 2.76 bits per heavy atom. The molecule has 152 valence electrons. The molecule has 0 unspecified atom stereocenters. The molecule has 4 rings (SSSR count). The topological polar surface area (TPSA) is 66.8 Å². The predicted octanol–water partition coefficient (Wildman–Crippen LogP) is 3.63. The molecule has 0 aliphatic carbocycles. The van der Waals surface area contributed by atoms with Crippen LogP contribution in [0.15, 0.2) is 47.5 Å². The van der Waals surface area contributed by atoms with E-state index in [4.69, 9.17) is 11.6 Å². The third-order valence-electron chi connectivity index (χ3n) is 5.02. The van der Waals surface area contributed by atoms with Crippen LogP contribution in [-0.4, -0.2) is 42.3 Å². The maximum Gasteiger partial charge on any atom is 0.252 e. The second-order valence-corrected chi connectivity index (χ2v) is 10.9. The average Bonchev–Trinajstić information content (AvgIpc) is 3.10. The molecule has 0 spiro atoms. The number of carbonyl (C=O) groups is 1. The number of benzene rings is 2. The third-order valence-corrected chi connectivity index (χ3v) is 8.60. The van der Waals surface area contributed by atoms with E-state index in [0.717, 1.165) is 0 Å². The Morgan fingerprint density at radius 2 is 2.03 bits per heavy atom. The molecule has 1 amide bonds. The van der Waals surface area contributed by atoms with E-state index in [1.54, 1.807) is 48.2 Å². The summed E-state index contributed by atoms with van der Waals surface area (Å²) in [7, 11) is -3.18. The lowest BCUT2D eigenvalue weighted by atomic mass is 10.1. The number of rotatable bonds is 3. The molecule has 2 aromatic carbocycles. The normalized spacial score (nSPS) is 24.1. The van der Waals surface area contributed by atoms with Gasteiger partial charge in [0.2, 0.25) is 0 Å². The molecule has 9 heteroatoms. The number of fused-ring (bicyclic) bond motifs is 1. The van der Waals surface area contributed by atoms with Crippen molar-refractivity contribution >= 4 is 50.0 Å². The summed E-state index contributed by atoms with van der Waals surface area (Å²) >= 11 is 7.39. The quantitative estimate of drug-likeness (QED) is 0.711. The van der Waals surface area contributed by atoms with E-state index >= 15 is 0 Å². The van der Waals surface area contributed by atoms with Gasteiger partial charge in [-0.15, -0.1) is 0 Å².